The monoisotopic (exact) mass is 346 g/mol. The zero-order valence-electron chi connectivity index (χ0n) is 12.9. The van der Waals surface area contributed by atoms with Gasteiger partial charge in [0.25, 0.3) is 5.91 Å². The Balaban J connectivity index is 1.66. The smallest absolute Gasteiger partial charge is 0.255 e. The highest BCUT2D eigenvalue weighted by atomic mass is 35.5. The van der Waals surface area contributed by atoms with Gasteiger partial charge in [0.2, 0.25) is 5.91 Å². The maximum Gasteiger partial charge on any atom is 0.255 e. The molecule has 1 N–H and O–H groups in total. The zero-order chi connectivity index (χ0) is 17.1. The number of hydrogen-bond acceptors (Lipinski definition) is 2. The van der Waals surface area contributed by atoms with Crippen molar-refractivity contribution in [1.82, 2.24) is 4.90 Å². The van der Waals surface area contributed by atoms with Crippen molar-refractivity contribution in [3.8, 4) is 0 Å². The van der Waals surface area contributed by atoms with E-state index in [9.17, 15) is 14.0 Å². The van der Waals surface area contributed by atoms with Crippen LogP contribution in [-0.4, -0.2) is 23.3 Å². The van der Waals surface area contributed by atoms with Crippen LogP contribution in [0, 0.1) is 5.82 Å². The first-order chi connectivity index (χ1) is 11.5. The van der Waals surface area contributed by atoms with Crippen LogP contribution in [0.2, 0.25) is 5.02 Å². The van der Waals surface area contributed by atoms with Gasteiger partial charge in [-0.2, -0.15) is 0 Å². The second kappa shape index (κ2) is 7.01. The third-order valence-electron chi connectivity index (χ3n) is 3.94. The van der Waals surface area contributed by atoms with Crippen LogP contribution < -0.4 is 5.32 Å². The number of amides is 2. The SMILES string of the molecule is O=C(Nc1ccc(Cl)cc1F)c1ccc(CN2CCCC2=O)cc1. The van der Waals surface area contributed by atoms with E-state index in [4.69, 9.17) is 11.6 Å². The number of rotatable bonds is 4. The van der Waals surface area contributed by atoms with E-state index in [1.54, 1.807) is 29.2 Å². The lowest BCUT2D eigenvalue weighted by atomic mass is 10.1. The van der Waals surface area contributed by atoms with E-state index in [1.165, 1.54) is 12.1 Å². The number of nitrogens with one attached hydrogen (secondary N) is 1. The molecule has 6 heteroatoms. The van der Waals surface area contributed by atoms with Crippen LogP contribution in [-0.2, 0) is 11.3 Å². The molecule has 0 spiro atoms. The standard InChI is InChI=1S/C18H16ClFN2O2/c19-14-7-8-16(15(20)10-14)21-18(24)13-5-3-12(4-6-13)11-22-9-1-2-17(22)23/h3-8,10H,1-2,9,11H2,(H,21,24). The number of carbonyl (C=O) groups excluding carboxylic acids is 2. The van der Waals surface area contributed by atoms with Crippen LogP contribution in [0.25, 0.3) is 0 Å². The predicted molar refractivity (Wildman–Crippen MR) is 90.5 cm³/mol. The minimum Gasteiger partial charge on any atom is -0.338 e. The van der Waals surface area contributed by atoms with Gasteiger partial charge in [-0.05, 0) is 42.3 Å². The fourth-order valence-electron chi connectivity index (χ4n) is 2.64. The third kappa shape index (κ3) is 3.74. The molecule has 2 aromatic rings. The minimum atomic E-state index is -0.583. The van der Waals surface area contributed by atoms with Crippen LogP contribution in [0.5, 0.6) is 0 Å². The number of benzene rings is 2. The topological polar surface area (TPSA) is 49.4 Å². The molecule has 124 valence electrons. The summed E-state index contributed by atoms with van der Waals surface area (Å²) >= 11 is 5.69. The van der Waals surface area contributed by atoms with Gasteiger partial charge >= 0.3 is 0 Å². The van der Waals surface area contributed by atoms with Crippen LogP contribution in [0.4, 0.5) is 10.1 Å². The third-order valence-corrected chi connectivity index (χ3v) is 4.18. The van der Waals surface area contributed by atoms with Crippen molar-refractivity contribution < 1.29 is 14.0 Å². The molecule has 1 heterocycles. The van der Waals surface area contributed by atoms with Gasteiger partial charge in [0.15, 0.2) is 0 Å². The molecule has 0 saturated carbocycles. The molecule has 0 bridgehead atoms. The first kappa shape index (κ1) is 16.5. The Bertz CT molecular complexity index is 777. The molecular weight excluding hydrogens is 331 g/mol. The van der Waals surface area contributed by atoms with Crippen LogP contribution in [0.1, 0.15) is 28.8 Å². The van der Waals surface area contributed by atoms with Crippen LogP contribution in [0.3, 0.4) is 0 Å². The Morgan fingerprint density at radius 1 is 1.21 bits per heavy atom. The lowest BCUT2D eigenvalue weighted by Gasteiger charge is -2.15. The Kier molecular flexibility index (Phi) is 4.81. The summed E-state index contributed by atoms with van der Waals surface area (Å²) in [5.74, 6) is -0.824. The molecule has 0 aliphatic carbocycles. The molecule has 24 heavy (non-hydrogen) atoms. The average molecular weight is 347 g/mol. The summed E-state index contributed by atoms with van der Waals surface area (Å²) in [4.78, 5) is 25.6. The van der Waals surface area contributed by atoms with Crippen LogP contribution in [0.15, 0.2) is 42.5 Å². The Hall–Kier alpha value is -2.40. The summed E-state index contributed by atoms with van der Waals surface area (Å²) < 4.78 is 13.7. The Morgan fingerprint density at radius 3 is 2.58 bits per heavy atom. The van der Waals surface area contributed by atoms with E-state index in [1.807, 2.05) is 0 Å². The summed E-state index contributed by atoms with van der Waals surface area (Å²) in [5, 5.41) is 2.79. The molecule has 0 radical (unpaired) electrons. The van der Waals surface area contributed by atoms with Gasteiger partial charge in [-0.1, -0.05) is 23.7 Å². The highest BCUT2D eigenvalue weighted by Crippen LogP contribution is 2.20. The normalized spacial score (nSPS) is 14.1. The second-order valence-corrected chi connectivity index (χ2v) is 6.13. The number of likely N-dealkylation sites (tertiary alicyclic amines) is 1. The number of hydrogen-bond donors (Lipinski definition) is 1. The van der Waals surface area contributed by atoms with Crippen molar-refractivity contribution >= 4 is 29.1 Å². The molecule has 1 aliphatic heterocycles. The number of nitrogens with zero attached hydrogens (tertiary/aromatic N) is 1. The maximum absolute atomic E-state index is 13.7. The average Bonchev–Trinajstić information content (AvgIpc) is 2.96. The molecular formula is C18H16ClFN2O2. The van der Waals surface area contributed by atoms with Crippen molar-refractivity contribution in [2.75, 3.05) is 11.9 Å². The molecule has 0 aromatic heterocycles. The Morgan fingerprint density at radius 2 is 1.96 bits per heavy atom. The number of anilines is 1. The fraction of sp³-hybridized carbons (Fsp3) is 0.222. The molecule has 2 amide bonds. The van der Waals surface area contributed by atoms with Gasteiger partial charge in [-0.25, -0.2) is 4.39 Å². The second-order valence-electron chi connectivity index (χ2n) is 5.69. The molecule has 1 fully saturated rings. The van der Waals surface area contributed by atoms with Gasteiger partial charge in [0, 0.05) is 30.1 Å². The first-order valence-corrected chi connectivity index (χ1v) is 8.04. The van der Waals surface area contributed by atoms with E-state index < -0.39 is 11.7 Å². The van der Waals surface area contributed by atoms with E-state index in [0.717, 1.165) is 24.6 Å². The molecule has 3 rings (SSSR count). The summed E-state index contributed by atoms with van der Waals surface area (Å²) in [7, 11) is 0. The van der Waals surface area contributed by atoms with Gasteiger partial charge in [-0.15, -0.1) is 0 Å². The quantitative estimate of drug-likeness (QED) is 0.914. The van der Waals surface area contributed by atoms with E-state index in [2.05, 4.69) is 5.32 Å². The highest BCUT2D eigenvalue weighted by Gasteiger charge is 2.20. The van der Waals surface area contributed by atoms with Crippen molar-refractivity contribution in [3.63, 3.8) is 0 Å². The molecule has 0 atom stereocenters. The number of halogens is 2. The summed E-state index contributed by atoms with van der Waals surface area (Å²) in [5.41, 5.74) is 1.46. The molecule has 1 aliphatic rings. The zero-order valence-corrected chi connectivity index (χ0v) is 13.6. The van der Waals surface area contributed by atoms with Gasteiger partial charge in [0.1, 0.15) is 5.82 Å². The van der Waals surface area contributed by atoms with E-state index in [-0.39, 0.29) is 16.6 Å². The molecule has 0 unspecified atom stereocenters. The number of carbonyl (C=O) groups is 2. The highest BCUT2D eigenvalue weighted by molar-refractivity contribution is 6.30. The van der Waals surface area contributed by atoms with Crippen molar-refractivity contribution in [2.45, 2.75) is 19.4 Å². The van der Waals surface area contributed by atoms with Gasteiger partial charge in [-0.3, -0.25) is 9.59 Å². The Labute approximate surface area is 144 Å². The van der Waals surface area contributed by atoms with E-state index >= 15 is 0 Å². The molecule has 1 saturated heterocycles. The predicted octanol–water partition coefficient (Wildman–Crippen LogP) is 3.85. The maximum atomic E-state index is 13.7. The summed E-state index contributed by atoms with van der Waals surface area (Å²) in [6.45, 7) is 1.32. The first-order valence-electron chi connectivity index (χ1n) is 7.66. The van der Waals surface area contributed by atoms with Crippen molar-refractivity contribution in [2.24, 2.45) is 0 Å². The molecule has 4 nitrogen and oxygen atoms in total. The summed E-state index contributed by atoms with van der Waals surface area (Å²) in [6, 6.07) is 11.0. The van der Waals surface area contributed by atoms with E-state index in [0.29, 0.717) is 18.5 Å². The summed E-state index contributed by atoms with van der Waals surface area (Å²) in [6.07, 6.45) is 1.50. The van der Waals surface area contributed by atoms with Gasteiger partial charge in [0.05, 0.1) is 5.69 Å². The lowest BCUT2D eigenvalue weighted by Crippen LogP contribution is -2.23. The largest absolute Gasteiger partial charge is 0.338 e. The van der Waals surface area contributed by atoms with Crippen LogP contribution >= 0.6 is 11.6 Å². The van der Waals surface area contributed by atoms with Crippen molar-refractivity contribution in [3.05, 3.63) is 64.4 Å². The fourth-order valence-corrected chi connectivity index (χ4v) is 2.80. The van der Waals surface area contributed by atoms with Gasteiger partial charge < -0.3 is 10.2 Å². The minimum absolute atomic E-state index is 0.0798. The lowest BCUT2D eigenvalue weighted by molar-refractivity contribution is -0.128. The molecule has 2 aromatic carbocycles. The van der Waals surface area contributed by atoms with Crippen molar-refractivity contribution in [1.29, 1.82) is 0 Å².